The Morgan fingerprint density at radius 2 is 2.57 bits per heavy atom. The van der Waals surface area contributed by atoms with E-state index in [1.165, 1.54) is 6.08 Å². The van der Waals surface area contributed by atoms with Gasteiger partial charge < -0.3 is 0 Å². The van der Waals surface area contributed by atoms with Crippen molar-refractivity contribution in [1.29, 1.82) is 0 Å². The van der Waals surface area contributed by atoms with Crippen LogP contribution < -0.4 is 0 Å². The molecule has 0 saturated heterocycles. The van der Waals surface area contributed by atoms with Gasteiger partial charge >= 0.3 is 49.4 Å². The molecule has 0 aliphatic rings. The van der Waals surface area contributed by atoms with Crippen LogP contribution in [0.4, 0.5) is 0 Å². The van der Waals surface area contributed by atoms with Crippen molar-refractivity contribution >= 4 is 20.6 Å². The van der Waals surface area contributed by atoms with Crippen LogP contribution in [0.3, 0.4) is 0 Å². The van der Waals surface area contributed by atoms with Crippen molar-refractivity contribution in [3.63, 3.8) is 0 Å². The zero-order valence-electron chi connectivity index (χ0n) is 3.76. The standard InChI is InChI=1S/C3H5O.H2O.O.Sn/c1-2-3-4;;;/h2H,1,3H2;1H2;;/q-1;;;+2/p-1. The molecule has 0 bridgehead atoms. The summed E-state index contributed by atoms with van der Waals surface area (Å²) in [5, 5.41) is 0. The van der Waals surface area contributed by atoms with Crippen LogP contribution in [-0.4, -0.2) is 30.6 Å². The van der Waals surface area contributed by atoms with E-state index in [2.05, 4.69) is 9.65 Å². The molecule has 0 heterocycles. The van der Waals surface area contributed by atoms with Gasteiger partial charge in [-0.1, -0.05) is 0 Å². The van der Waals surface area contributed by atoms with Crippen molar-refractivity contribution < 1.29 is 9.59 Å². The van der Waals surface area contributed by atoms with Gasteiger partial charge in [-0.3, -0.25) is 0 Å². The summed E-state index contributed by atoms with van der Waals surface area (Å²) < 4.78 is 22.1. The SMILES string of the molecule is C=CC[O][Sn](=[O])[OH]. The van der Waals surface area contributed by atoms with Crippen LogP contribution in [-0.2, 0) is 6.15 Å². The van der Waals surface area contributed by atoms with Crippen molar-refractivity contribution in [3.05, 3.63) is 12.7 Å². The molecule has 0 aliphatic heterocycles. The normalized spacial score (nSPS) is 8.14. The molecule has 0 aliphatic carbocycles. The molecular weight excluding hydrogens is 203 g/mol. The predicted octanol–water partition coefficient (Wildman–Crippen LogP) is -0.403. The summed E-state index contributed by atoms with van der Waals surface area (Å²) in [5.41, 5.74) is 0. The quantitative estimate of drug-likeness (QED) is 0.507. The van der Waals surface area contributed by atoms with E-state index in [9.17, 15) is 3.08 Å². The summed E-state index contributed by atoms with van der Waals surface area (Å²) in [6.45, 7) is 3.48. The van der Waals surface area contributed by atoms with E-state index in [4.69, 9.17) is 3.44 Å². The zero-order valence-corrected chi connectivity index (χ0v) is 6.61. The first-order chi connectivity index (χ1) is 3.27. The summed E-state index contributed by atoms with van der Waals surface area (Å²) in [4.78, 5) is 0. The molecule has 40 valence electrons. The third kappa shape index (κ3) is 6.26. The Kier molecular flexibility index (Phi) is 4.58. The summed E-state index contributed by atoms with van der Waals surface area (Å²) in [6.07, 6.45) is 1.44. The fourth-order valence-electron chi connectivity index (χ4n) is 0.130. The molecule has 0 aromatic heterocycles. The summed E-state index contributed by atoms with van der Waals surface area (Å²) in [5.74, 6) is 0. The molecule has 0 atom stereocenters. The zero-order chi connectivity index (χ0) is 5.70. The van der Waals surface area contributed by atoms with Gasteiger partial charge in [-0.2, -0.15) is 0 Å². The van der Waals surface area contributed by atoms with E-state index in [0.717, 1.165) is 0 Å². The molecular formula is C3H6O3Sn. The van der Waals surface area contributed by atoms with Crippen LogP contribution in [0, 0.1) is 0 Å². The van der Waals surface area contributed by atoms with Gasteiger partial charge in [0.05, 0.1) is 0 Å². The summed E-state index contributed by atoms with van der Waals surface area (Å²) in [7, 11) is 0. The van der Waals surface area contributed by atoms with E-state index in [1.54, 1.807) is 0 Å². The van der Waals surface area contributed by atoms with Gasteiger partial charge in [0.15, 0.2) is 0 Å². The van der Waals surface area contributed by atoms with Crippen molar-refractivity contribution in [2.45, 2.75) is 0 Å². The van der Waals surface area contributed by atoms with Gasteiger partial charge in [0.25, 0.3) is 0 Å². The molecule has 0 spiro atoms. The second-order valence-corrected chi connectivity index (χ2v) is 3.21. The van der Waals surface area contributed by atoms with Crippen molar-refractivity contribution in [1.82, 2.24) is 0 Å². The fourth-order valence-corrected chi connectivity index (χ4v) is 0.874. The Hall–Kier alpha value is 0.259. The van der Waals surface area contributed by atoms with Crippen LogP contribution in [0.2, 0.25) is 0 Å². The van der Waals surface area contributed by atoms with Gasteiger partial charge in [0, 0.05) is 0 Å². The Labute approximate surface area is 49.8 Å². The molecule has 0 amide bonds. The third-order valence-electron chi connectivity index (χ3n) is 0.325. The van der Waals surface area contributed by atoms with Gasteiger partial charge in [-0.15, -0.1) is 0 Å². The minimum absolute atomic E-state index is 0.189. The monoisotopic (exact) mass is 210 g/mol. The predicted molar refractivity (Wildman–Crippen MR) is 24.8 cm³/mol. The van der Waals surface area contributed by atoms with Crippen LogP contribution >= 0.6 is 0 Å². The van der Waals surface area contributed by atoms with Crippen LogP contribution in [0.25, 0.3) is 0 Å². The van der Waals surface area contributed by atoms with Gasteiger partial charge in [0.1, 0.15) is 0 Å². The van der Waals surface area contributed by atoms with Crippen molar-refractivity contribution in [2.75, 3.05) is 6.61 Å². The van der Waals surface area contributed by atoms with Crippen LogP contribution in [0.15, 0.2) is 12.7 Å². The molecule has 1 N–H and O–H groups in total. The first-order valence-electron chi connectivity index (χ1n) is 1.74. The van der Waals surface area contributed by atoms with Gasteiger partial charge in [-0.25, -0.2) is 0 Å². The molecule has 0 unspecified atom stereocenters. The number of rotatable bonds is 3. The summed E-state index contributed by atoms with van der Waals surface area (Å²) in [6, 6.07) is 0. The summed E-state index contributed by atoms with van der Waals surface area (Å²) >= 11 is -3.46. The minimum atomic E-state index is -3.46. The second-order valence-electron chi connectivity index (χ2n) is 0.866. The van der Waals surface area contributed by atoms with Gasteiger partial charge in [-0.05, 0) is 0 Å². The third-order valence-corrected chi connectivity index (χ3v) is 1.51. The average Bonchev–Trinajstić information content (AvgIpc) is 1.61. The van der Waals surface area contributed by atoms with E-state index in [-0.39, 0.29) is 6.61 Å². The van der Waals surface area contributed by atoms with E-state index < -0.39 is 20.6 Å². The fraction of sp³-hybridized carbons (Fsp3) is 0.333. The van der Waals surface area contributed by atoms with Crippen LogP contribution in [0.1, 0.15) is 0 Å². The molecule has 0 radical (unpaired) electrons. The Morgan fingerprint density at radius 3 is 2.71 bits per heavy atom. The average molecular weight is 209 g/mol. The second kappa shape index (κ2) is 4.42. The topological polar surface area (TPSA) is 46.5 Å². The van der Waals surface area contributed by atoms with Crippen molar-refractivity contribution in [2.24, 2.45) is 0 Å². The molecule has 0 saturated carbocycles. The molecule has 0 rings (SSSR count). The van der Waals surface area contributed by atoms with E-state index in [1.807, 2.05) is 0 Å². The first-order valence-corrected chi connectivity index (χ1v) is 5.34. The molecule has 0 aromatic rings. The maximum atomic E-state index is 9.77. The number of hydrogen-bond donors (Lipinski definition) is 1. The van der Waals surface area contributed by atoms with E-state index >= 15 is 0 Å². The molecule has 7 heavy (non-hydrogen) atoms. The van der Waals surface area contributed by atoms with Crippen molar-refractivity contribution in [3.8, 4) is 0 Å². The Morgan fingerprint density at radius 1 is 2.00 bits per heavy atom. The molecule has 0 aromatic carbocycles. The Bertz CT molecular complexity index is 80.2. The van der Waals surface area contributed by atoms with Gasteiger partial charge in [0.2, 0.25) is 0 Å². The first kappa shape index (κ1) is 7.26. The van der Waals surface area contributed by atoms with Crippen LogP contribution in [0.5, 0.6) is 0 Å². The van der Waals surface area contributed by atoms with E-state index in [0.29, 0.717) is 0 Å². The number of hydrogen-bond acceptors (Lipinski definition) is 2. The molecule has 3 nitrogen and oxygen atoms in total. The Balaban J connectivity index is 2.97. The molecule has 0 fully saturated rings. The molecule has 4 heteroatoms. The maximum absolute atomic E-state index is 9.77.